The number of aromatic nitrogens is 1. The van der Waals surface area contributed by atoms with Gasteiger partial charge < -0.3 is 10.6 Å². The number of hydrogen-bond acceptors (Lipinski definition) is 4. The van der Waals surface area contributed by atoms with Gasteiger partial charge in [0.25, 0.3) is 0 Å². The Bertz CT molecular complexity index is 487. The highest BCUT2D eigenvalue weighted by Crippen LogP contribution is 2.19. The SMILES string of the molecule is Cc1cnc(CN2CCCN(C)C(=O)C2)c(C)c1N. The van der Waals surface area contributed by atoms with E-state index in [0.29, 0.717) is 13.1 Å². The molecule has 5 heteroatoms. The minimum Gasteiger partial charge on any atom is -0.398 e. The van der Waals surface area contributed by atoms with E-state index in [0.717, 1.165) is 42.0 Å². The van der Waals surface area contributed by atoms with Gasteiger partial charge in [0.1, 0.15) is 0 Å². The quantitative estimate of drug-likeness (QED) is 0.862. The number of hydrogen-bond donors (Lipinski definition) is 1. The summed E-state index contributed by atoms with van der Waals surface area (Å²) in [5.74, 6) is 0.176. The maximum Gasteiger partial charge on any atom is 0.236 e. The molecule has 1 aliphatic rings. The van der Waals surface area contributed by atoms with Crippen LogP contribution in [0.5, 0.6) is 0 Å². The highest BCUT2D eigenvalue weighted by molar-refractivity contribution is 5.78. The van der Waals surface area contributed by atoms with Crippen molar-refractivity contribution in [1.29, 1.82) is 0 Å². The Morgan fingerprint density at radius 1 is 1.37 bits per heavy atom. The summed E-state index contributed by atoms with van der Waals surface area (Å²) in [6.45, 7) is 6.87. The average Bonchev–Trinajstić information content (AvgIpc) is 2.53. The molecule has 0 saturated carbocycles. The van der Waals surface area contributed by atoms with Gasteiger partial charge >= 0.3 is 0 Å². The third-order valence-corrected chi connectivity index (χ3v) is 3.80. The Labute approximate surface area is 114 Å². The Balaban J connectivity index is 2.13. The number of nitrogens with two attached hydrogens (primary N) is 1. The fraction of sp³-hybridized carbons (Fsp3) is 0.571. The van der Waals surface area contributed by atoms with Crippen molar-refractivity contribution in [3.05, 3.63) is 23.0 Å². The third-order valence-electron chi connectivity index (χ3n) is 3.80. The van der Waals surface area contributed by atoms with Crippen molar-refractivity contribution in [1.82, 2.24) is 14.8 Å². The van der Waals surface area contributed by atoms with Crippen LogP contribution in [-0.2, 0) is 11.3 Å². The number of nitrogen functional groups attached to an aromatic ring is 1. The highest BCUT2D eigenvalue weighted by Gasteiger charge is 2.20. The van der Waals surface area contributed by atoms with E-state index in [1.165, 1.54) is 0 Å². The minimum atomic E-state index is 0.176. The van der Waals surface area contributed by atoms with Gasteiger partial charge in [-0.25, -0.2) is 0 Å². The van der Waals surface area contributed by atoms with Crippen molar-refractivity contribution in [3.8, 4) is 0 Å². The molecule has 1 amide bonds. The Morgan fingerprint density at radius 2 is 2.11 bits per heavy atom. The smallest absolute Gasteiger partial charge is 0.236 e. The molecule has 0 radical (unpaired) electrons. The molecule has 1 saturated heterocycles. The zero-order valence-corrected chi connectivity index (χ0v) is 11.9. The van der Waals surface area contributed by atoms with Gasteiger partial charge in [-0.05, 0) is 31.4 Å². The average molecular weight is 262 g/mol. The second-order valence-corrected chi connectivity index (χ2v) is 5.31. The topological polar surface area (TPSA) is 62.5 Å². The largest absolute Gasteiger partial charge is 0.398 e. The summed E-state index contributed by atoms with van der Waals surface area (Å²) in [6.07, 6.45) is 2.81. The zero-order valence-electron chi connectivity index (χ0n) is 11.9. The standard InChI is InChI=1S/C14H22N4O/c1-10-7-16-12(11(2)14(10)15)8-18-6-4-5-17(3)13(19)9-18/h7H,4-6,8-9H2,1-3H3,(H2,15,16). The van der Waals surface area contributed by atoms with Crippen LogP contribution in [0.1, 0.15) is 23.2 Å². The molecule has 1 aromatic rings. The first kappa shape index (κ1) is 13.8. The molecular weight excluding hydrogens is 240 g/mol. The number of likely N-dealkylation sites (N-methyl/N-ethyl adjacent to an activating group) is 1. The Morgan fingerprint density at radius 3 is 2.84 bits per heavy atom. The van der Waals surface area contributed by atoms with Crippen LogP contribution in [0.15, 0.2) is 6.20 Å². The van der Waals surface area contributed by atoms with Crippen LogP contribution in [-0.4, -0.2) is 47.4 Å². The molecule has 1 fully saturated rings. The summed E-state index contributed by atoms with van der Waals surface area (Å²) in [6, 6.07) is 0. The predicted molar refractivity (Wildman–Crippen MR) is 75.7 cm³/mol. The molecule has 19 heavy (non-hydrogen) atoms. The van der Waals surface area contributed by atoms with Crippen LogP contribution in [0, 0.1) is 13.8 Å². The summed E-state index contributed by atoms with van der Waals surface area (Å²) in [7, 11) is 1.86. The number of anilines is 1. The van der Waals surface area contributed by atoms with Gasteiger partial charge in [-0.3, -0.25) is 14.7 Å². The summed E-state index contributed by atoms with van der Waals surface area (Å²) in [5, 5.41) is 0. The molecule has 5 nitrogen and oxygen atoms in total. The van der Waals surface area contributed by atoms with Crippen molar-refractivity contribution >= 4 is 11.6 Å². The van der Waals surface area contributed by atoms with Crippen molar-refractivity contribution < 1.29 is 4.79 Å². The number of rotatable bonds is 2. The van der Waals surface area contributed by atoms with Crippen LogP contribution in [0.3, 0.4) is 0 Å². The molecule has 0 spiro atoms. The minimum absolute atomic E-state index is 0.176. The molecule has 1 aromatic heterocycles. The van der Waals surface area contributed by atoms with Gasteiger partial charge in [0, 0.05) is 38.6 Å². The van der Waals surface area contributed by atoms with Gasteiger partial charge in [-0.2, -0.15) is 0 Å². The van der Waals surface area contributed by atoms with Crippen LogP contribution >= 0.6 is 0 Å². The number of pyridine rings is 1. The lowest BCUT2D eigenvalue weighted by Gasteiger charge is -2.20. The number of amides is 1. The number of aryl methyl sites for hydroxylation is 1. The highest BCUT2D eigenvalue weighted by atomic mass is 16.2. The maximum atomic E-state index is 11.9. The fourth-order valence-corrected chi connectivity index (χ4v) is 2.35. The number of carbonyl (C=O) groups excluding carboxylic acids is 1. The third kappa shape index (κ3) is 3.04. The van der Waals surface area contributed by atoms with E-state index < -0.39 is 0 Å². The second-order valence-electron chi connectivity index (χ2n) is 5.31. The lowest BCUT2D eigenvalue weighted by molar-refractivity contribution is -0.130. The van der Waals surface area contributed by atoms with E-state index in [9.17, 15) is 4.79 Å². The summed E-state index contributed by atoms with van der Waals surface area (Å²) >= 11 is 0. The van der Waals surface area contributed by atoms with E-state index in [1.807, 2.05) is 27.1 Å². The molecule has 0 unspecified atom stereocenters. The van der Waals surface area contributed by atoms with Crippen LogP contribution in [0.25, 0.3) is 0 Å². The van der Waals surface area contributed by atoms with Crippen LogP contribution < -0.4 is 5.73 Å². The maximum absolute atomic E-state index is 11.9. The monoisotopic (exact) mass is 262 g/mol. The first-order valence-corrected chi connectivity index (χ1v) is 6.66. The van der Waals surface area contributed by atoms with Crippen molar-refractivity contribution in [2.24, 2.45) is 0 Å². The van der Waals surface area contributed by atoms with Crippen molar-refractivity contribution in [2.75, 3.05) is 32.4 Å². The predicted octanol–water partition coefficient (Wildman–Crippen LogP) is 0.945. The molecular formula is C14H22N4O. The lowest BCUT2D eigenvalue weighted by Crippen LogP contribution is -2.34. The van der Waals surface area contributed by atoms with Crippen LogP contribution in [0.2, 0.25) is 0 Å². The molecule has 0 aliphatic carbocycles. The van der Waals surface area contributed by atoms with Crippen molar-refractivity contribution in [3.63, 3.8) is 0 Å². The molecule has 0 aromatic carbocycles. The van der Waals surface area contributed by atoms with Gasteiger partial charge in [-0.15, -0.1) is 0 Å². The normalized spacial score (nSPS) is 17.6. The zero-order chi connectivity index (χ0) is 14.0. The van der Waals surface area contributed by atoms with E-state index in [1.54, 1.807) is 4.90 Å². The molecule has 104 valence electrons. The summed E-state index contributed by atoms with van der Waals surface area (Å²) < 4.78 is 0. The van der Waals surface area contributed by atoms with E-state index in [-0.39, 0.29) is 5.91 Å². The van der Waals surface area contributed by atoms with E-state index in [4.69, 9.17) is 5.73 Å². The Kier molecular flexibility index (Phi) is 4.04. The molecule has 2 heterocycles. The van der Waals surface area contributed by atoms with Gasteiger partial charge in [0.2, 0.25) is 5.91 Å². The number of carbonyl (C=O) groups is 1. The lowest BCUT2D eigenvalue weighted by atomic mass is 10.1. The second kappa shape index (κ2) is 5.57. The van der Waals surface area contributed by atoms with Gasteiger partial charge in [-0.1, -0.05) is 0 Å². The number of nitrogens with zero attached hydrogens (tertiary/aromatic N) is 3. The van der Waals surface area contributed by atoms with Crippen LogP contribution in [0.4, 0.5) is 5.69 Å². The van der Waals surface area contributed by atoms with Crippen molar-refractivity contribution in [2.45, 2.75) is 26.8 Å². The molecule has 2 N–H and O–H groups in total. The molecule has 0 bridgehead atoms. The Hall–Kier alpha value is -1.62. The first-order valence-electron chi connectivity index (χ1n) is 6.66. The summed E-state index contributed by atoms with van der Waals surface area (Å²) in [5.41, 5.74) is 9.86. The van der Waals surface area contributed by atoms with Gasteiger partial charge in [0.05, 0.1) is 12.2 Å². The molecule has 0 atom stereocenters. The van der Waals surface area contributed by atoms with E-state index >= 15 is 0 Å². The summed E-state index contributed by atoms with van der Waals surface area (Å²) in [4.78, 5) is 20.3. The van der Waals surface area contributed by atoms with Gasteiger partial charge in [0.15, 0.2) is 0 Å². The first-order chi connectivity index (χ1) is 8.99. The molecule has 1 aliphatic heterocycles. The molecule has 2 rings (SSSR count). The van der Waals surface area contributed by atoms with E-state index in [2.05, 4.69) is 9.88 Å². The fourth-order valence-electron chi connectivity index (χ4n) is 2.35.